The summed E-state index contributed by atoms with van der Waals surface area (Å²) in [4.78, 5) is 17.0. The average molecular weight is 218 g/mol. The minimum Gasteiger partial charge on any atom is -0.296 e. The highest BCUT2D eigenvalue weighted by molar-refractivity contribution is 5.22. The Morgan fingerprint density at radius 1 is 1.31 bits per heavy atom. The quantitative estimate of drug-likeness (QED) is 0.664. The summed E-state index contributed by atoms with van der Waals surface area (Å²) in [5.74, 6) is 1.71. The van der Waals surface area contributed by atoms with Crippen molar-refractivity contribution < 1.29 is 0 Å². The molecular weight excluding hydrogens is 200 g/mol. The molecule has 0 aromatic carbocycles. The van der Waals surface area contributed by atoms with Crippen LogP contribution < -0.4 is 5.56 Å². The molecule has 1 aromatic heterocycles. The molecule has 0 bridgehead atoms. The Kier molecular flexibility index (Phi) is 2.34. The van der Waals surface area contributed by atoms with E-state index in [1.807, 2.05) is 4.57 Å². The molecule has 1 aliphatic carbocycles. The van der Waals surface area contributed by atoms with E-state index >= 15 is 0 Å². The number of hydrogen-bond acceptors (Lipinski definition) is 2. The summed E-state index contributed by atoms with van der Waals surface area (Å²) in [6.45, 7) is 3.12. The van der Waals surface area contributed by atoms with E-state index in [-0.39, 0.29) is 5.56 Å². The van der Waals surface area contributed by atoms with Crippen LogP contribution in [0.15, 0.2) is 4.79 Å². The highest BCUT2D eigenvalue weighted by Crippen LogP contribution is 2.21. The van der Waals surface area contributed by atoms with E-state index < -0.39 is 0 Å². The van der Waals surface area contributed by atoms with Crippen molar-refractivity contribution in [2.24, 2.45) is 5.92 Å². The van der Waals surface area contributed by atoms with Gasteiger partial charge in [0.25, 0.3) is 5.56 Å². The molecule has 3 heteroatoms. The van der Waals surface area contributed by atoms with Crippen molar-refractivity contribution in [2.45, 2.75) is 52.0 Å². The predicted molar refractivity (Wildman–Crippen MR) is 62.6 cm³/mol. The Balaban J connectivity index is 2.15. The third-order valence-corrected chi connectivity index (χ3v) is 3.89. The van der Waals surface area contributed by atoms with E-state index in [0.29, 0.717) is 5.92 Å². The summed E-state index contributed by atoms with van der Waals surface area (Å²) in [7, 11) is 0. The molecule has 0 saturated carbocycles. The van der Waals surface area contributed by atoms with Crippen molar-refractivity contribution in [2.75, 3.05) is 0 Å². The maximum absolute atomic E-state index is 12.3. The van der Waals surface area contributed by atoms with Crippen LogP contribution in [0, 0.1) is 5.92 Å². The molecule has 2 aliphatic rings. The zero-order valence-electron chi connectivity index (χ0n) is 9.83. The van der Waals surface area contributed by atoms with Crippen LogP contribution in [0.5, 0.6) is 0 Å². The molecule has 3 rings (SSSR count). The van der Waals surface area contributed by atoms with Gasteiger partial charge >= 0.3 is 0 Å². The van der Waals surface area contributed by atoms with Crippen LogP contribution in [0.2, 0.25) is 0 Å². The van der Waals surface area contributed by atoms with Crippen molar-refractivity contribution >= 4 is 0 Å². The summed E-state index contributed by atoms with van der Waals surface area (Å²) in [6.07, 6.45) is 6.39. The van der Waals surface area contributed by atoms with Crippen molar-refractivity contribution in [3.05, 3.63) is 27.4 Å². The van der Waals surface area contributed by atoms with Gasteiger partial charge in [-0.1, -0.05) is 6.92 Å². The monoisotopic (exact) mass is 218 g/mol. The van der Waals surface area contributed by atoms with Gasteiger partial charge in [-0.25, -0.2) is 4.98 Å². The lowest BCUT2D eigenvalue weighted by Crippen LogP contribution is -2.35. The van der Waals surface area contributed by atoms with Crippen molar-refractivity contribution in [1.82, 2.24) is 9.55 Å². The molecule has 0 amide bonds. The van der Waals surface area contributed by atoms with Gasteiger partial charge in [0, 0.05) is 18.5 Å². The molecule has 3 nitrogen and oxygen atoms in total. The maximum Gasteiger partial charge on any atom is 0.256 e. The maximum atomic E-state index is 12.3. The van der Waals surface area contributed by atoms with Crippen LogP contribution >= 0.6 is 0 Å². The molecule has 0 unspecified atom stereocenters. The van der Waals surface area contributed by atoms with Gasteiger partial charge in [0.2, 0.25) is 0 Å². The molecule has 1 aromatic rings. The fraction of sp³-hybridized carbons (Fsp3) is 0.692. The molecule has 0 saturated heterocycles. The van der Waals surface area contributed by atoms with Crippen molar-refractivity contribution in [3.8, 4) is 0 Å². The molecule has 0 N–H and O–H groups in total. The molecule has 0 fully saturated rings. The topological polar surface area (TPSA) is 34.9 Å². The highest BCUT2D eigenvalue weighted by Gasteiger charge is 2.22. The standard InChI is InChI=1S/C13H18N2O/c1-9-6-7-15-12(8-9)14-11-5-3-2-4-10(11)13(15)16/h9H,2-8H2,1H3/t9-/m0/s1. The normalized spacial score (nSPS) is 23.7. The summed E-state index contributed by atoms with van der Waals surface area (Å²) in [5, 5.41) is 0. The van der Waals surface area contributed by atoms with Gasteiger partial charge in [0.1, 0.15) is 5.82 Å². The SMILES string of the molecule is C[C@H]1CCn2c(nc3c(c2=O)CCCC3)C1. The number of rotatable bonds is 0. The van der Waals surface area contributed by atoms with Crippen LogP contribution in [-0.2, 0) is 25.8 Å². The van der Waals surface area contributed by atoms with Gasteiger partial charge in [0.05, 0.1) is 5.69 Å². The summed E-state index contributed by atoms with van der Waals surface area (Å²) in [6, 6.07) is 0. The second-order valence-corrected chi connectivity index (χ2v) is 5.22. The zero-order valence-corrected chi connectivity index (χ0v) is 9.83. The Labute approximate surface area is 95.5 Å². The first-order valence-corrected chi connectivity index (χ1v) is 6.37. The van der Waals surface area contributed by atoms with Crippen molar-refractivity contribution in [3.63, 3.8) is 0 Å². The van der Waals surface area contributed by atoms with Crippen LogP contribution in [0.25, 0.3) is 0 Å². The molecule has 2 heterocycles. The number of aryl methyl sites for hydroxylation is 1. The van der Waals surface area contributed by atoms with E-state index in [4.69, 9.17) is 4.98 Å². The summed E-state index contributed by atoms with van der Waals surface area (Å²) < 4.78 is 1.92. The third-order valence-electron chi connectivity index (χ3n) is 3.89. The lowest BCUT2D eigenvalue weighted by Gasteiger charge is -2.25. The van der Waals surface area contributed by atoms with E-state index in [1.54, 1.807) is 0 Å². The van der Waals surface area contributed by atoms with E-state index in [2.05, 4.69) is 6.92 Å². The largest absolute Gasteiger partial charge is 0.296 e. The predicted octanol–water partition coefficient (Wildman–Crippen LogP) is 1.70. The van der Waals surface area contributed by atoms with Gasteiger partial charge in [-0.05, 0) is 38.0 Å². The second kappa shape index (κ2) is 3.72. The number of aromatic nitrogens is 2. The molecule has 0 spiro atoms. The number of hydrogen-bond donors (Lipinski definition) is 0. The first-order valence-electron chi connectivity index (χ1n) is 6.37. The van der Waals surface area contributed by atoms with Gasteiger partial charge in [-0.3, -0.25) is 9.36 Å². The first-order chi connectivity index (χ1) is 7.75. The minimum atomic E-state index is 0.256. The molecule has 1 atom stereocenters. The molecule has 1 aliphatic heterocycles. The van der Waals surface area contributed by atoms with Gasteiger partial charge in [0.15, 0.2) is 0 Å². The van der Waals surface area contributed by atoms with E-state index in [1.165, 1.54) is 6.42 Å². The molecule has 16 heavy (non-hydrogen) atoms. The Hall–Kier alpha value is -1.12. The first kappa shape index (κ1) is 10.1. The summed E-state index contributed by atoms with van der Waals surface area (Å²) >= 11 is 0. The Morgan fingerprint density at radius 3 is 3.00 bits per heavy atom. The molecule has 86 valence electrons. The van der Waals surface area contributed by atoms with Crippen LogP contribution in [0.4, 0.5) is 0 Å². The Bertz CT molecular complexity index is 476. The van der Waals surface area contributed by atoms with Gasteiger partial charge < -0.3 is 0 Å². The smallest absolute Gasteiger partial charge is 0.256 e. The fourth-order valence-electron chi connectivity index (χ4n) is 2.89. The lowest BCUT2D eigenvalue weighted by molar-refractivity contribution is 0.388. The van der Waals surface area contributed by atoms with E-state index in [9.17, 15) is 4.79 Å². The van der Waals surface area contributed by atoms with Crippen molar-refractivity contribution in [1.29, 1.82) is 0 Å². The minimum absolute atomic E-state index is 0.256. The second-order valence-electron chi connectivity index (χ2n) is 5.22. The van der Waals surface area contributed by atoms with Crippen LogP contribution in [0.3, 0.4) is 0 Å². The molecule has 0 radical (unpaired) electrons. The van der Waals surface area contributed by atoms with Crippen LogP contribution in [0.1, 0.15) is 43.3 Å². The third kappa shape index (κ3) is 1.49. The molecular formula is C13H18N2O. The highest BCUT2D eigenvalue weighted by atomic mass is 16.1. The number of nitrogens with zero attached hydrogens (tertiary/aromatic N) is 2. The summed E-state index contributed by atoms with van der Waals surface area (Å²) in [5.41, 5.74) is 2.35. The van der Waals surface area contributed by atoms with Crippen LogP contribution in [-0.4, -0.2) is 9.55 Å². The van der Waals surface area contributed by atoms with E-state index in [0.717, 1.165) is 55.7 Å². The van der Waals surface area contributed by atoms with Gasteiger partial charge in [-0.15, -0.1) is 0 Å². The fourth-order valence-corrected chi connectivity index (χ4v) is 2.89. The lowest BCUT2D eigenvalue weighted by atomic mass is 9.95. The zero-order chi connectivity index (χ0) is 11.1. The average Bonchev–Trinajstić information content (AvgIpc) is 2.29. The van der Waals surface area contributed by atoms with Gasteiger partial charge in [-0.2, -0.15) is 0 Å². The number of fused-ring (bicyclic) bond motifs is 2. The Morgan fingerprint density at radius 2 is 2.12 bits per heavy atom.